The van der Waals surface area contributed by atoms with E-state index in [9.17, 15) is 38.4 Å². The van der Waals surface area contributed by atoms with Gasteiger partial charge in [0.15, 0.2) is 17.2 Å². The van der Waals surface area contributed by atoms with E-state index in [4.69, 9.17) is 25.8 Å². The predicted octanol–water partition coefficient (Wildman–Crippen LogP) is 9.84. The molecule has 414 valence electrons. The lowest BCUT2D eigenvalue weighted by molar-refractivity contribution is -0.154. The molecule has 20 heteroatoms. The van der Waals surface area contributed by atoms with Crippen LogP contribution in [0.15, 0.2) is 91.0 Å². The van der Waals surface area contributed by atoms with E-state index in [2.05, 4.69) is 16.0 Å². The highest BCUT2D eigenvalue weighted by Crippen LogP contribution is 2.44. The van der Waals surface area contributed by atoms with Crippen molar-refractivity contribution in [2.75, 3.05) is 37.8 Å². The largest absolute Gasteiger partial charge is 0.444 e. The second-order valence-corrected chi connectivity index (χ2v) is 28.0. The molecule has 1 aliphatic heterocycles. The number of ketones is 2. The zero-order valence-electron chi connectivity index (χ0n) is 45.3. The maximum absolute atomic E-state index is 14.1. The highest BCUT2D eigenvalue weighted by atomic mass is 35.5. The molecule has 1 unspecified atom stereocenters. The van der Waals surface area contributed by atoms with Gasteiger partial charge in [-0.3, -0.25) is 38.5 Å². The van der Waals surface area contributed by atoms with Crippen LogP contribution in [0.1, 0.15) is 111 Å². The second kappa shape index (κ2) is 29.3. The molecule has 0 spiro atoms. The van der Waals surface area contributed by atoms with Gasteiger partial charge in [-0.2, -0.15) is 0 Å². The van der Waals surface area contributed by atoms with Gasteiger partial charge in [0, 0.05) is 80.8 Å². The first-order valence-corrected chi connectivity index (χ1v) is 30.1. The number of esters is 1. The number of aryl methyl sites for hydroxylation is 1. The molecule has 0 saturated heterocycles. The van der Waals surface area contributed by atoms with E-state index in [1.165, 1.54) is 39.3 Å². The number of ether oxygens (including phenoxy) is 3. The lowest BCUT2D eigenvalue weighted by Crippen LogP contribution is -2.52. The summed E-state index contributed by atoms with van der Waals surface area (Å²) in [6.07, 6.45) is 0.444. The molecule has 0 fully saturated rings. The van der Waals surface area contributed by atoms with Crippen LogP contribution >= 0.6 is 54.8 Å². The van der Waals surface area contributed by atoms with Gasteiger partial charge in [0.05, 0.1) is 37.5 Å². The number of carbonyl (C=O) groups excluding carboxylic acids is 8. The number of alkyl carbamates (subject to hydrolysis) is 1. The van der Waals surface area contributed by atoms with E-state index >= 15 is 0 Å². The average Bonchev–Trinajstić information content (AvgIpc) is 3.66. The van der Waals surface area contributed by atoms with Gasteiger partial charge < -0.3 is 30.2 Å². The van der Waals surface area contributed by atoms with Gasteiger partial charge in [-0.05, 0) is 40.7 Å². The average molecular weight is 1140 g/mol. The van der Waals surface area contributed by atoms with E-state index in [0.29, 0.717) is 21.7 Å². The van der Waals surface area contributed by atoms with Gasteiger partial charge in [-0.15, -0.1) is 0 Å². The second-order valence-electron chi connectivity index (χ2n) is 21.2. The van der Waals surface area contributed by atoms with Crippen molar-refractivity contribution in [3.63, 3.8) is 0 Å². The summed E-state index contributed by atoms with van der Waals surface area (Å²) < 4.78 is 17.2. The third kappa shape index (κ3) is 20.5. The van der Waals surface area contributed by atoms with Crippen LogP contribution in [0.5, 0.6) is 0 Å². The molecule has 4 rings (SSSR count). The summed E-state index contributed by atoms with van der Waals surface area (Å²) in [5.74, 6) is -5.51. The number of rotatable bonds is 28. The van der Waals surface area contributed by atoms with Crippen molar-refractivity contribution in [2.45, 2.75) is 128 Å². The number of carbonyl (C=O) groups is 8. The minimum absolute atomic E-state index is 0.0114. The molecule has 0 radical (unpaired) electrons. The van der Waals surface area contributed by atoms with E-state index in [1.807, 2.05) is 121 Å². The third-order valence-electron chi connectivity index (χ3n) is 11.2. The fraction of sp³-hybridized carbons (Fsp3) is 0.500. The Morgan fingerprint density at radius 2 is 1.20 bits per heavy atom. The minimum Gasteiger partial charge on any atom is -0.444 e. The Kier molecular flexibility index (Phi) is 24.5. The Bertz CT molecular complexity index is 2510. The molecule has 1 aliphatic rings. The van der Waals surface area contributed by atoms with Gasteiger partial charge in [0.2, 0.25) is 11.8 Å². The Morgan fingerprint density at radius 1 is 0.658 bits per heavy atom. The van der Waals surface area contributed by atoms with Crippen LogP contribution in [0.4, 0.5) is 4.79 Å². The molecule has 76 heavy (non-hydrogen) atoms. The molecule has 0 aliphatic carbocycles. The van der Waals surface area contributed by atoms with Gasteiger partial charge in [0.1, 0.15) is 11.6 Å². The van der Waals surface area contributed by atoms with Gasteiger partial charge in [-0.1, -0.05) is 175 Å². The Hall–Kier alpha value is -4.79. The highest BCUT2D eigenvalue weighted by molar-refractivity contribution is 8.77. The van der Waals surface area contributed by atoms with Crippen LogP contribution in [0, 0.1) is 18.8 Å². The van der Waals surface area contributed by atoms with Gasteiger partial charge >= 0.3 is 12.1 Å². The lowest BCUT2D eigenvalue weighted by Gasteiger charge is -2.36. The summed E-state index contributed by atoms with van der Waals surface area (Å²) in [4.78, 5) is 109. The smallest absolute Gasteiger partial charge is 0.407 e. The summed E-state index contributed by atoms with van der Waals surface area (Å²) in [5.41, 5.74) is 0.813. The van der Waals surface area contributed by atoms with Crippen molar-refractivity contribution in [3.8, 4) is 0 Å². The summed E-state index contributed by atoms with van der Waals surface area (Å²) in [7, 11) is 5.87. The molecule has 1 heterocycles. The zero-order chi connectivity index (χ0) is 56.4. The number of nitrogens with zero attached hydrogens (tertiary/aromatic N) is 1. The first kappa shape index (κ1) is 63.7. The summed E-state index contributed by atoms with van der Waals surface area (Å²) in [6, 6.07) is 21.9. The van der Waals surface area contributed by atoms with Crippen LogP contribution < -0.4 is 16.0 Å². The number of halogens is 1. The standard InChI is InChI=1S/C56H73ClN4O11S4/c1-36-21-23-41(24-22-36)56(40-17-13-12-14-18-40,42-19-15-16-20-43(42)57)71-49(66)27-29-70-30-28-58-50(67)38(34-73-75-54(6,7)8)31-45(62)37(2)60-51(68)39(35-74-76-55(9,10)11)32-46(63)44(61-47(64)25-26-48(61)65)33-59-52(69)72-53(3,4)5/h12-26,37-39,44H,27-35H2,1-11H3,(H,58,67)(H,59,69)(H,60,68)/t37-,38-,39-,44-,56?/m0/s1. The van der Waals surface area contributed by atoms with E-state index in [0.717, 1.165) is 22.6 Å². The molecule has 3 aromatic carbocycles. The number of amides is 5. The lowest BCUT2D eigenvalue weighted by atomic mass is 9.79. The minimum atomic E-state index is -1.45. The van der Waals surface area contributed by atoms with Crippen molar-refractivity contribution < 1.29 is 52.6 Å². The Labute approximate surface area is 468 Å². The van der Waals surface area contributed by atoms with Crippen LogP contribution in [-0.2, 0) is 53.4 Å². The predicted molar refractivity (Wildman–Crippen MR) is 306 cm³/mol. The molecule has 3 aromatic rings. The number of hydrogen-bond acceptors (Lipinski definition) is 15. The fourth-order valence-electron chi connectivity index (χ4n) is 7.54. The number of Topliss-reactive ketones (excluding diaryl/α,β-unsaturated/α-hetero) is 2. The topological polar surface area (TPSA) is 204 Å². The highest BCUT2D eigenvalue weighted by Gasteiger charge is 2.43. The molecule has 0 saturated carbocycles. The first-order valence-electron chi connectivity index (χ1n) is 25.0. The van der Waals surface area contributed by atoms with E-state index < -0.39 is 95.3 Å². The number of nitrogens with one attached hydrogen (secondary N) is 3. The Balaban J connectivity index is 1.41. The molecule has 3 N–H and O–H groups in total. The van der Waals surface area contributed by atoms with Gasteiger partial charge in [-0.25, -0.2) is 4.79 Å². The number of hydrogen-bond donors (Lipinski definition) is 3. The molecule has 15 nitrogen and oxygen atoms in total. The number of benzene rings is 3. The van der Waals surface area contributed by atoms with Crippen LogP contribution in [0.3, 0.4) is 0 Å². The third-order valence-corrected chi connectivity index (χ3v) is 18.3. The van der Waals surface area contributed by atoms with Crippen LogP contribution in [0.2, 0.25) is 5.02 Å². The maximum atomic E-state index is 14.1. The van der Waals surface area contributed by atoms with Crippen molar-refractivity contribution in [1.82, 2.24) is 20.9 Å². The number of imide groups is 1. The maximum Gasteiger partial charge on any atom is 0.407 e. The molecule has 0 aromatic heterocycles. The summed E-state index contributed by atoms with van der Waals surface area (Å²) in [6.45, 7) is 20.2. The summed E-state index contributed by atoms with van der Waals surface area (Å²) in [5, 5.41) is 8.53. The quantitative estimate of drug-likeness (QED) is 0.0204. The van der Waals surface area contributed by atoms with Gasteiger partial charge in [0.25, 0.3) is 11.8 Å². The molecule has 0 bridgehead atoms. The zero-order valence-corrected chi connectivity index (χ0v) is 49.3. The Morgan fingerprint density at radius 3 is 1.76 bits per heavy atom. The first-order chi connectivity index (χ1) is 35.6. The van der Waals surface area contributed by atoms with Crippen molar-refractivity contribution in [3.05, 3.63) is 118 Å². The monoisotopic (exact) mass is 1140 g/mol. The fourth-order valence-corrected chi connectivity index (χ4v) is 13.0. The van der Waals surface area contributed by atoms with E-state index in [-0.39, 0.29) is 53.6 Å². The van der Waals surface area contributed by atoms with Crippen LogP contribution in [-0.4, -0.2) is 117 Å². The normalized spacial score (nSPS) is 15.2. The van der Waals surface area contributed by atoms with Crippen molar-refractivity contribution in [2.24, 2.45) is 11.8 Å². The summed E-state index contributed by atoms with van der Waals surface area (Å²) >= 11 is 6.83. The van der Waals surface area contributed by atoms with E-state index in [1.54, 1.807) is 37.6 Å². The molecule has 5 amide bonds. The van der Waals surface area contributed by atoms with Crippen LogP contribution in [0.25, 0.3) is 0 Å². The molecular formula is C56H73ClN4O11S4. The molecule has 5 atom stereocenters. The SMILES string of the molecule is Cc1ccc(C(OC(=O)CCOCCNC(=O)[C@H](CSSC(C)(C)C)CC(=O)[C@H](C)NC(=O)[C@H](CSSC(C)(C)C)CC(=O)[C@H](CNC(=O)OC(C)(C)C)N2C(=O)C=CC2=O)(c2ccccc2)c2ccccc2Cl)cc1. The van der Waals surface area contributed by atoms with Crippen molar-refractivity contribution in [1.29, 1.82) is 0 Å². The molecular weight excluding hydrogens is 1070 g/mol. The van der Waals surface area contributed by atoms with Crippen molar-refractivity contribution >= 4 is 102 Å².